The van der Waals surface area contributed by atoms with E-state index in [1.165, 1.54) is 12.8 Å². The maximum absolute atomic E-state index is 8.88. The van der Waals surface area contributed by atoms with Gasteiger partial charge in [0.1, 0.15) is 0 Å². The topological polar surface area (TPSA) is 77.8 Å². The second-order valence-electron chi connectivity index (χ2n) is 3.78. The van der Waals surface area contributed by atoms with Crippen LogP contribution in [0.3, 0.4) is 0 Å². The molecule has 0 amide bonds. The number of rotatable bonds is 4. The first-order chi connectivity index (χ1) is 6.20. The third kappa shape index (κ3) is 23.0. The Morgan fingerprint density at radius 1 is 1.07 bits per heavy atom. The molecule has 0 radical (unpaired) electrons. The van der Waals surface area contributed by atoms with E-state index in [0.717, 1.165) is 9.02 Å². The Labute approximate surface area is 94.0 Å². The maximum Gasteiger partial charge on any atom is 0.466 e. The van der Waals surface area contributed by atoms with Crippen LogP contribution in [-0.2, 0) is 21.7 Å². The summed E-state index contributed by atoms with van der Waals surface area (Å²) in [5.41, 5.74) is 0. The van der Waals surface area contributed by atoms with Crippen LogP contribution in [0.5, 0.6) is 0 Å². The number of hydrogen-bond donors (Lipinski definition) is 3. The number of hydrogen-bond acceptors (Lipinski definition) is 1. The van der Waals surface area contributed by atoms with Gasteiger partial charge < -0.3 is 14.7 Å². The van der Waals surface area contributed by atoms with Crippen LogP contribution in [0.2, 0.25) is 9.02 Å². The second kappa shape index (κ2) is 9.00. The zero-order valence-corrected chi connectivity index (χ0v) is 13.3. The molecule has 0 heterocycles. The minimum Gasteiger partial charge on any atom is -0.303 e. The molecule has 0 saturated heterocycles. The molecule has 0 rings (SSSR count). The van der Waals surface area contributed by atoms with Gasteiger partial charge in [0.05, 0.1) is 0 Å². The summed E-state index contributed by atoms with van der Waals surface area (Å²) in [5, 5.41) is 0. The fourth-order valence-electron chi connectivity index (χ4n) is 1.02. The molecule has 0 spiro atoms. The van der Waals surface area contributed by atoms with Crippen LogP contribution in [0.15, 0.2) is 0 Å². The van der Waals surface area contributed by atoms with Gasteiger partial charge in [-0.05, 0) is 0 Å². The van der Waals surface area contributed by atoms with Gasteiger partial charge in [-0.15, -0.1) is 0 Å². The molecule has 0 aliphatic carbocycles. The van der Waals surface area contributed by atoms with E-state index in [1.807, 2.05) is 0 Å². The molecule has 0 bridgehead atoms. The SMILES string of the molecule is CC[CH](C)[Zn][CH](C)CC.O=P(O)(O)O. The summed E-state index contributed by atoms with van der Waals surface area (Å²) in [6.45, 7) is 9.48. The minimum absolute atomic E-state index is 0.142. The molecule has 0 aromatic carbocycles. The van der Waals surface area contributed by atoms with E-state index in [4.69, 9.17) is 19.2 Å². The Bertz CT molecular complexity index is 154. The molecule has 0 aromatic heterocycles. The van der Waals surface area contributed by atoms with Crippen molar-refractivity contribution in [3.05, 3.63) is 0 Å². The van der Waals surface area contributed by atoms with Gasteiger partial charge in [0.2, 0.25) is 0 Å². The third-order valence-corrected chi connectivity index (χ3v) is 8.00. The predicted octanol–water partition coefficient (Wildman–Crippen LogP) is 2.58. The average Bonchev–Trinajstić information content (AvgIpc) is 2.01. The fourth-order valence-corrected chi connectivity index (χ4v) is 5.30. The molecule has 2 unspecified atom stereocenters. The van der Waals surface area contributed by atoms with E-state index < -0.39 is 7.82 Å². The van der Waals surface area contributed by atoms with Gasteiger partial charge in [0, 0.05) is 0 Å². The van der Waals surface area contributed by atoms with Crippen molar-refractivity contribution in [1.29, 1.82) is 0 Å². The molecule has 0 aromatic rings. The molecule has 0 aliphatic heterocycles. The Kier molecular flexibility index (Phi) is 11.0. The van der Waals surface area contributed by atoms with Crippen LogP contribution >= 0.6 is 7.82 Å². The van der Waals surface area contributed by atoms with E-state index in [0.29, 0.717) is 0 Å². The molecule has 84 valence electrons. The monoisotopic (exact) mass is 276 g/mol. The second-order valence-corrected chi connectivity index (χ2v) is 11.6. The summed E-state index contributed by atoms with van der Waals surface area (Å²) in [6.07, 6.45) is 2.84. The van der Waals surface area contributed by atoms with Gasteiger partial charge in [-0.25, -0.2) is 4.57 Å². The zero-order valence-electron chi connectivity index (χ0n) is 9.47. The first-order valence-corrected chi connectivity index (χ1v) is 9.98. The molecule has 14 heavy (non-hydrogen) atoms. The summed E-state index contributed by atoms with van der Waals surface area (Å²) in [7, 11) is -4.64. The molecule has 0 fully saturated rings. The summed E-state index contributed by atoms with van der Waals surface area (Å²) < 4.78 is 11.1. The Balaban J connectivity index is 0. The maximum atomic E-state index is 8.88. The summed E-state index contributed by atoms with van der Waals surface area (Å²) in [5.74, 6) is 0. The standard InChI is InChI=1S/2C4H9.H3O4P.Zn/c2*1-3-4-2;1-5(2,3)4;/h2*3H,4H2,1-2H3;(H3,1,2,3,4);. The van der Waals surface area contributed by atoms with Crippen molar-refractivity contribution < 1.29 is 36.4 Å². The average molecular weight is 278 g/mol. The molecular weight excluding hydrogens is 256 g/mol. The van der Waals surface area contributed by atoms with Crippen LogP contribution in [-0.4, -0.2) is 14.7 Å². The normalized spacial score (nSPS) is 14.8. The van der Waals surface area contributed by atoms with Gasteiger partial charge in [-0.2, -0.15) is 0 Å². The molecule has 3 N–H and O–H groups in total. The van der Waals surface area contributed by atoms with Crippen molar-refractivity contribution >= 4 is 7.82 Å². The van der Waals surface area contributed by atoms with Gasteiger partial charge >= 0.3 is 74.5 Å². The van der Waals surface area contributed by atoms with E-state index in [9.17, 15) is 0 Å². The van der Waals surface area contributed by atoms with Crippen molar-refractivity contribution in [1.82, 2.24) is 0 Å². The molecule has 0 aliphatic rings. The van der Waals surface area contributed by atoms with Crippen LogP contribution < -0.4 is 0 Å². The molecular formula is C8H21O4PZn. The van der Waals surface area contributed by atoms with Gasteiger partial charge in [-0.1, -0.05) is 0 Å². The van der Waals surface area contributed by atoms with Crippen molar-refractivity contribution in [3.8, 4) is 0 Å². The van der Waals surface area contributed by atoms with E-state index in [1.54, 1.807) is 0 Å². The summed E-state index contributed by atoms with van der Waals surface area (Å²) in [4.78, 5) is 21.6. The largest absolute Gasteiger partial charge is 0.466 e. The first kappa shape index (κ1) is 17.1. The molecule has 6 heteroatoms. The van der Waals surface area contributed by atoms with Gasteiger partial charge in [0.25, 0.3) is 0 Å². The molecule has 4 nitrogen and oxygen atoms in total. The smallest absolute Gasteiger partial charge is 0.303 e. The van der Waals surface area contributed by atoms with Crippen molar-refractivity contribution in [2.45, 2.75) is 49.6 Å². The minimum atomic E-state index is -4.64. The van der Waals surface area contributed by atoms with Crippen LogP contribution in [0.1, 0.15) is 40.5 Å². The Hall–Kier alpha value is 0.733. The molecule has 0 saturated carbocycles. The van der Waals surface area contributed by atoms with Gasteiger partial charge in [0.15, 0.2) is 0 Å². The fraction of sp³-hybridized carbons (Fsp3) is 1.00. The van der Waals surface area contributed by atoms with Crippen LogP contribution in [0.25, 0.3) is 0 Å². The predicted molar refractivity (Wildman–Crippen MR) is 53.7 cm³/mol. The van der Waals surface area contributed by atoms with E-state index in [2.05, 4.69) is 27.7 Å². The quantitative estimate of drug-likeness (QED) is 0.545. The van der Waals surface area contributed by atoms with Crippen LogP contribution in [0, 0.1) is 0 Å². The van der Waals surface area contributed by atoms with Crippen LogP contribution in [0.4, 0.5) is 0 Å². The summed E-state index contributed by atoms with van der Waals surface area (Å²) in [6, 6.07) is 0. The molecule has 2 atom stereocenters. The van der Waals surface area contributed by atoms with Crippen molar-refractivity contribution in [2.24, 2.45) is 0 Å². The first-order valence-electron chi connectivity index (χ1n) is 4.98. The van der Waals surface area contributed by atoms with E-state index >= 15 is 0 Å². The number of phosphoric acid groups is 1. The van der Waals surface area contributed by atoms with Crippen molar-refractivity contribution in [3.63, 3.8) is 0 Å². The Morgan fingerprint density at radius 2 is 1.29 bits per heavy atom. The Morgan fingerprint density at radius 3 is 1.43 bits per heavy atom. The van der Waals surface area contributed by atoms with E-state index in [-0.39, 0.29) is 17.1 Å². The zero-order chi connectivity index (χ0) is 11.8. The summed E-state index contributed by atoms with van der Waals surface area (Å²) >= 11 is -0.142. The van der Waals surface area contributed by atoms with Crippen molar-refractivity contribution in [2.75, 3.05) is 0 Å². The van der Waals surface area contributed by atoms with Gasteiger partial charge in [-0.3, -0.25) is 0 Å². The third-order valence-electron chi connectivity index (χ3n) is 2.20.